The summed E-state index contributed by atoms with van der Waals surface area (Å²) in [5, 5.41) is 0. The summed E-state index contributed by atoms with van der Waals surface area (Å²) in [5.74, 6) is 0. The van der Waals surface area contributed by atoms with Crippen molar-refractivity contribution in [1.29, 1.82) is 0 Å². The van der Waals surface area contributed by atoms with Gasteiger partial charge in [-0.1, -0.05) is 58.7 Å². The van der Waals surface area contributed by atoms with Gasteiger partial charge in [-0.15, -0.1) is 0 Å². The van der Waals surface area contributed by atoms with E-state index in [0.29, 0.717) is 0 Å². The molecule has 1 fully saturated rings. The van der Waals surface area contributed by atoms with Crippen LogP contribution in [-0.4, -0.2) is 6.54 Å². The Morgan fingerprint density at radius 3 is 2.05 bits per heavy atom. The van der Waals surface area contributed by atoms with E-state index in [-0.39, 0.29) is 5.41 Å². The van der Waals surface area contributed by atoms with Crippen LogP contribution in [0.15, 0.2) is 18.2 Å². The number of benzene rings is 1. The summed E-state index contributed by atoms with van der Waals surface area (Å²) in [7, 11) is 0. The maximum absolute atomic E-state index is 6.06. The highest BCUT2D eigenvalue weighted by molar-refractivity contribution is 5.37. The fourth-order valence-electron chi connectivity index (χ4n) is 3.29. The van der Waals surface area contributed by atoms with E-state index in [1.807, 2.05) is 13.8 Å². The summed E-state index contributed by atoms with van der Waals surface area (Å²) < 4.78 is 0. The zero-order chi connectivity index (χ0) is 14.3. The summed E-state index contributed by atoms with van der Waals surface area (Å²) in [6, 6.07) is 7.08. The predicted octanol–water partition coefficient (Wildman–Crippen LogP) is 4.61. The second kappa shape index (κ2) is 7.69. The molecular formula is C18H31N. The molecule has 0 atom stereocenters. The van der Waals surface area contributed by atoms with Crippen LogP contribution < -0.4 is 5.73 Å². The van der Waals surface area contributed by atoms with Crippen molar-refractivity contribution in [2.24, 2.45) is 5.73 Å². The van der Waals surface area contributed by atoms with Crippen LogP contribution in [0.2, 0.25) is 0 Å². The second-order valence-electron chi connectivity index (χ2n) is 5.38. The Bertz CT molecular complexity index is 375. The molecule has 1 aromatic rings. The first kappa shape index (κ1) is 16.2. The molecule has 0 aromatic heterocycles. The summed E-state index contributed by atoms with van der Waals surface area (Å²) >= 11 is 0. The van der Waals surface area contributed by atoms with Gasteiger partial charge in [0.05, 0.1) is 0 Å². The van der Waals surface area contributed by atoms with Gasteiger partial charge in [-0.3, -0.25) is 0 Å². The third-order valence-corrected chi connectivity index (χ3v) is 4.53. The standard InChI is InChI=1S/C16H25N.C2H6/c1-3-13-7-8-15(11-14(13)4-2)16(12-17)9-5-6-10-16;1-2/h7-8,11H,3-6,9-10,12,17H2,1-2H3;1-2H3. The molecule has 0 unspecified atom stereocenters. The number of hydrogen-bond acceptors (Lipinski definition) is 1. The van der Waals surface area contributed by atoms with E-state index >= 15 is 0 Å². The molecule has 19 heavy (non-hydrogen) atoms. The normalized spacial score (nSPS) is 16.9. The van der Waals surface area contributed by atoms with Crippen molar-refractivity contribution in [2.75, 3.05) is 6.54 Å². The molecule has 0 aliphatic heterocycles. The van der Waals surface area contributed by atoms with Crippen molar-refractivity contribution in [3.8, 4) is 0 Å². The molecule has 1 heteroatoms. The molecule has 1 saturated carbocycles. The van der Waals surface area contributed by atoms with Gasteiger partial charge < -0.3 is 5.73 Å². The van der Waals surface area contributed by atoms with Gasteiger partial charge in [0.25, 0.3) is 0 Å². The molecule has 2 rings (SSSR count). The topological polar surface area (TPSA) is 26.0 Å². The lowest BCUT2D eigenvalue weighted by Gasteiger charge is -2.29. The van der Waals surface area contributed by atoms with Crippen LogP contribution in [0.1, 0.15) is 70.1 Å². The first-order chi connectivity index (χ1) is 9.25. The van der Waals surface area contributed by atoms with Crippen molar-refractivity contribution in [3.05, 3.63) is 34.9 Å². The van der Waals surface area contributed by atoms with Crippen LogP contribution in [0.25, 0.3) is 0 Å². The SMILES string of the molecule is CC.CCc1ccc(C2(CN)CCCC2)cc1CC. The molecule has 0 saturated heterocycles. The van der Waals surface area contributed by atoms with Crippen molar-refractivity contribution in [1.82, 2.24) is 0 Å². The minimum Gasteiger partial charge on any atom is -0.330 e. The van der Waals surface area contributed by atoms with Gasteiger partial charge in [0.15, 0.2) is 0 Å². The van der Waals surface area contributed by atoms with Crippen LogP contribution >= 0.6 is 0 Å². The summed E-state index contributed by atoms with van der Waals surface area (Å²) in [4.78, 5) is 0. The zero-order valence-electron chi connectivity index (χ0n) is 13.3. The first-order valence-corrected chi connectivity index (χ1v) is 8.08. The lowest BCUT2D eigenvalue weighted by molar-refractivity contribution is 0.452. The predicted molar refractivity (Wildman–Crippen MR) is 85.7 cm³/mol. The van der Waals surface area contributed by atoms with Gasteiger partial charge in [-0.25, -0.2) is 0 Å². The number of rotatable bonds is 4. The molecule has 0 heterocycles. The number of hydrogen-bond donors (Lipinski definition) is 1. The third-order valence-electron chi connectivity index (χ3n) is 4.53. The minimum atomic E-state index is 0.288. The average Bonchev–Trinajstić information content (AvgIpc) is 2.98. The van der Waals surface area contributed by atoms with Gasteiger partial charge in [0, 0.05) is 12.0 Å². The maximum atomic E-state index is 6.06. The Balaban J connectivity index is 0.000000861. The second-order valence-corrected chi connectivity index (χ2v) is 5.38. The van der Waals surface area contributed by atoms with E-state index in [2.05, 4.69) is 32.0 Å². The van der Waals surface area contributed by atoms with E-state index in [0.717, 1.165) is 19.4 Å². The highest BCUT2D eigenvalue weighted by Gasteiger charge is 2.34. The van der Waals surface area contributed by atoms with Crippen molar-refractivity contribution in [3.63, 3.8) is 0 Å². The Labute approximate surface area is 119 Å². The fraction of sp³-hybridized carbons (Fsp3) is 0.667. The molecule has 1 nitrogen and oxygen atoms in total. The minimum absolute atomic E-state index is 0.288. The molecule has 1 aliphatic carbocycles. The van der Waals surface area contributed by atoms with Crippen LogP contribution in [0, 0.1) is 0 Å². The maximum Gasteiger partial charge on any atom is 0.00756 e. The third kappa shape index (κ3) is 3.39. The highest BCUT2D eigenvalue weighted by Crippen LogP contribution is 2.40. The van der Waals surface area contributed by atoms with Crippen LogP contribution in [0.5, 0.6) is 0 Å². The smallest absolute Gasteiger partial charge is 0.00756 e. The van der Waals surface area contributed by atoms with Gasteiger partial charge >= 0.3 is 0 Å². The van der Waals surface area contributed by atoms with E-state index in [1.165, 1.54) is 42.4 Å². The van der Waals surface area contributed by atoms with Gasteiger partial charge in [-0.2, -0.15) is 0 Å². The van der Waals surface area contributed by atoms with E-state index in [1.54, 1.807) is 0 Å². The number of aryl methyl sites for hydroxylation is 2. The van der Waals surface area contributed by atoms with Crippen LogP contribution in [-0.2, 0) is 18.3 Å². The lowest BCUT2D eigenvalue weighted by Crippen LogP contribution is -2.32. The number of nitrogens with two attached hydrogens (primary N) is 1. The molecule has 1 aliphatic rings. The summed E-state index contributed by atoms with van der Waals surface area (Å²) in [5.41, 5.74) is 10.9. The highest BCUT2D eigenvalue weighted by atomic mass is 14.6. The Morgan fingerprint density at radius 2 is 1.58 bits per heavy atom. The molecule has 0 spiro atoms. The Hall–Kier alpha value is -0.820. The monoisotopic (exact) mass is 261 g/mol. The van der Waals surface area contributed by atoms with E-state index in [4.69, 9.17) is 5.73 Å². The first-order valence-electron chi connectivity index (χ1n) is 8.08. The molecule has 0 amide bonds. The molecular weight excluding hydrogens is 230 g/mol. The van der Waals surface area contributed by atoms with Crippen LogP contribution in [0.3, 0.4) is 0 Å². The lowest BCUT2D eigenvalue weighted by atomic mass is 9.77. The molecule has 1 aromatic carbocycles. The quantitative estimate of drug-likeness (QED) is 0.841. The van der Waals surface area contributed by atoms with Crippen molar-refractivity contribution >= 4 is 0 Å². The molecule has 2 N–H and O–H groups in total. The van der Waals surface area contributed by atoms with Crippen LogP contribution in [0.4, 0.5) is 0 Å². The largest absolute Gasteiger partial charge is 0.330 e. The molecule has 108 valence electrons. The Morgan fingerprint density at radius 1 is 1.00 bits per heavy atom. The van der Waals surface area contributed by atoms with Crippen molar-refractivity contribution in [2.45, 2.75) is 71.6 Å². The zero-order valence-corrected chi connectivity index (χ0v) is 13.3. The van der Waals surface area contributed by atoms with E-state index in [9.17, 15) is 0 Å². The molecule has 0 radical (unpaired) electrons. The van der Waals surface area contributed by atoms with Crippen molar-refractivity contribution < 1.29 is 0 Å². The summed E-state index contributed by atoms with van der Waals surface area (Å²) in [6.07, 6.45) is 7.51. The summed E-state index contributed by atoms with van der Waals surface area (Å²) in [6.45, 7) is 9.30. The van der Waals surface area contributed by atoms with Gasteiger partial charge in [0.2, 0.25) is 0 Å². The average molecular weight is 261 g/mol. The Kier molecular flexibility index (Phi) is 6.57. The van der Waals surface area contributed by atoms with Gasteiger partial charge in [-0.05, 0) is 42.4 Å². The molecule has 0 bridgehead atoms. The van der Waals surface area contributed by atoms with Gasteiger partial charge in [0.1, 0.15) is 0 Å². The van der Waals surface area contributed by atoms with E-state index < -0.39 is 0 Å². The fourth-order valence-corrected chi connectivity index (χ4v) is 3.29.